The Labute approximate surface area is 181 Å². The summed E-state index contributed by atoms with van der Waals surface area (Å²) in [4.78, 5) is 44.1. The first kappa shape index (κ1) is 23.8. The van der Waals surface area contributed by atoms with Crippen molar-refractivity contribution in [3.05, 3.63) is 42.2 Å². The lowest BCUT2D eigenvalue weighted by molar-refractivity contribution is -0.118. The van der Waals surface area contributed by atoms with Gasteiger partial charge in [0.05, 0.1) is 28.8 Å². The van der Waals surface area contributed by atoms with E-state index in [0.717, 1.165) is 0 Å². The SMILES string of the molecule is CC(C)C[C@H](NC(=O)OC(C)(C)C)C(=O)Nc1ccc(-c2ccc(C(=O)O)cn2)nc1. The maximum Gasteiger partial charge on any atom is 0.408 e. The molecule has 0 bridgehead atoms. The van der Waals surface area contributed by atoms with E-state index in [9.17, 15) is 14.4 Å². The van der Waals surface area contributed by atoms with E-state index in [4.69, 9.17) is 9.84 Å². The zero-order chi connectivity index (χ0) is 23.2. The summed E-state index contributed by atoms with van der Waals surface area (Å²) in [5.41, 5.74) is 0.906. The second kappa shape index (κ2) is 10.0. The van der Waals surface area contributed by atoms with Gasteiger partial charge in [0, 0.05) is 6.20 Å². The Morgan fingerprint density at radius 3 is 2.10 bits per heavy atom. The highest BCUT2D eigenvalue weighted by Gasteiger charge is 2.25. The minimum absolute atomic E-state index is 0.0846. The van der Waals surface area contributed by atoms with Crippen LogP contribution in [0.3, 0.4) is 0 Å². The van der Waals surface area contributed by atoms with Crippen LogP contribution in [0.5, 0.6) is 0 Å². The number of nitrogens with zero attached hydrogens (tertiary/aromatic N) is 2. The third-order valence-corrected chi connectivity index (χ3v) is 4.02. The smallest absolute Gasteiger partial charge is 0.408 e. The number of ether oxygens (including phenoxy) is 1. The van der Waals surface area contributed by atoms with Crippen LogP contribution in [0.4, 0.5) is 10.5 Å². The van der Waals surface area contributed by atoms with E-state index in [-0.39, 0.29) is 17.4 Å². The number of amides is 2. The highest BCUT2D eigenvalue weighted by Crippen LogP contribution is 2.18. The van der Waals surface area contributed by atoms with Crippen LogP contribution in [0.2, 0.25) is 0 Å². The summed E-state index contributed by atoms with van der Waals surface area (Å²) in [5.74, 6) is -1.26. The molecule has 166 valence electrons. The summed E-state index contributed by atoms with van der Waals surface area (Å²) < 4.78 is 5.25. The Hall–Kier alpha value is -3.49. The molecular formula is C22H28N4O5. The third-order valence-electron chi connectivity index (χ3n) is 4.02. The zero-order valence-electron chi connectivity index (χ0n) is 18.3. The minimum Gasteiger partial charge on any atom is -0.478 e. The fourth-order valence-corrected chi connectivity index (χ4v) is 2.67. The second-order valence-electron chi connectivity index (χ2n) is 8.49. The second-order valence-corrected chi connectivity index (χ2v) is 8.49. The predicted molar refractivity (Wildman–Crippen MR) is 116 cm³/mol. The number of alkyl carbamates (subject to hydrolysis) is 1. The molecule has 2 amide bonds. The van der Waals surface area contributed by atoms with Crippen molar-refractivity contribution in [2.75, 3.05) is 5.32 Å². The molecule has 0 saturated heterocycles. The molecule has 0 radical (unpaired) electrons. The van der Waals surface area contributed by atoms with E-state index < -0.39 is 23.7 Å². The molecular weight excluding hydrogens is 400 g/mol. The Kier molecular flexibility index (Phi) is 7.68. The molecule has 0 saturated carbocycles. The van der Waals surface area contributed by atoms with Gasteiger partial charge in [-0.3, -0.25) is 14.8 Å². The van der Waals surface area contributed by atoms with Gasteiger partial charge in [-0.05, 0) is 57.4 Å². The fraction of sp³-hybridized carbons (Fsp3) is 0.409. The van der Waals surface area contributed by atoms with Crippen LogP contribution in [0.25, 0.3) is 11.4 Å². The topological polar surface area (TPSA) is 131 Å². The van der Waals surface area contributed by atoms with E-state index in [0.29, 0.717) is 23.5 Å². The van der Waals surface area contributed by atoms with Crippen molar-refractivity contribution in [1.29, 1.82) is 0 Å². The Bertz CT molecular complexity index is 918. The Balaban J connectivity index is 2.07. The molecule has 9 nitrogen and oxygen atoms in total. The summed E-state index contributed by atoms with van der Waals surface area (Å²) in [6, 6.07) is 5.57. The zero-order valence-corrected chi connectivity index (χ0v) is 18.3. The number of hydrogen-bond donors (Lipinski definition) is 3. The highest BCUT2D eigenvalue weighted by molar-refractivity contribution is 5.96. The fourth-order valence-electron chi connectivity index (χ4n) is 2.67. The van der Waals surface area contributed by atoms with E-state index in [2.05, 4.69) is 20.6 Å². The van der Waals surface area contributed by atoms with Crippen LogP contribution in [0.15, 0.2) is 36.7 Å². The normalized spacial score (nSPS) is 12.2. The summed E-state index contributed by atoms with van der Waals surface area (Å²) in [7, 11) is 0. The van der Waals surface area contributed by atoms with Crippen molar-refractivity contribution in [3.8, 4) is 11.4 Å². The molecule has 0 aliphatic carbocycles. The van der Waals surface area contributed by atoms with Gasteiger partial charge < -0.3 is 20.5 Å². The van der Waals surface area contributed by atoms with E-state index >= 15 is 0 Å². The maximum absolute atomic E-state index is 12.7. The lowest BCUT2D eigenvalue weighted by atomic mass is 10.0. The van der Waals surface area contributed by atoms with Gasteiger partial charge in [0.25, 0.3) is 0 Å². The number of anilines is 1. The van der Waals surface area contributed by atoms with Gasteiger partial charge in [0.15, 0.2) is 0 Å². The number of carbonyl (C=O) groups excluding carboxylic acids is 2. The Morgan fingerprint density at radius 2 is 1.65 bits per heavy atom. The van der Waals surface area contributed by atoms with Crippen LogP contribution < -0.4 is 10.6 Å². The number of aromatic carboxylic acids is 1. The van der Waals surface area contributed by atoms with Gasteiger partial charge in [-0.1, -0.05) is 13.8 Å². The van der Waals surface area contributed by atoms with E-state index in [1.165, 1.54) is 18.5 Å². The van der Waals surface area contributed by atoms with Gasteiger partial charge in [-0.25, -0.2) is 9.59 Å². The first-order chi connectivity index (χ1) is 14.4. The number of hydrogen-bond acceptors (Lipinski definition) is 6. The molecule has 2 aromatic rings. The standard InChI is InChI=1S/C22H28N4O5/c1-13(2)10-18(26-21(30)31-22(3,4)5)19(27)25-15-7-9-17(24-12-15)16-8-6-14(11-23-16)20(28)29/h6-9,11-13,18H,10H2,1-5H3,(H,25,27)(H,26,30)(H,28,29)/t18-/m0/s1. The van der Waals surface area contributed by atoms with E-state index in [1.54, 1.807) is 39.0 Å². The molecule has 31 heavy (non-hydrogen) atoms. The molecule has 2 aromatic heterocycles. The molecule has 0 unspecified atom stereocenters. The van der Waals surface area contributed by atoms with Gasteiger partial charge in [-0.2, -0.15) is 0 Å². The number of aromatic nitrogens is 2. The van der Waals surface area contributed by atoms with Gasteiger partial charge in [-0.15, -0.1) is 0 Å². The van der Waals surface area contributed by atoms with Crippen molar-refractivity contribution in [3.63, 3.8) is 0 Å². The van der Waals surface area contributed by atoms with Crippen LogP contribution >= 0.6 is 0 Å². The minimum atomic E-state index is -1.05. The number of carbonyl (C=O) groups is 3. The average Bonchev–Trinajstić information content (AvgIpc) is 2.66. The molecule has 0 aliphatic heterocycles. The molecule has 9 heteroatoms. The van der Waals surface area contributed by atoms with Crippen molar-refractivity contribution >= 4 is 23.7 Å². The quantitative estimate of drug-likeness (QED) is 0.612. The molecule has 1 atom stereocenters. The number of carboxylic acids is 1. The molecule has 3 N–H and O–H groups in total. The van der Waals surface area contributed by atoms with Crippen LogP contribution in [0.1, 0.15) is 51.4 Å². The van der Waals surface area contributed by atoms with Gasteiger partial charge in [0.2, 0.25) is 5.91 Å². The number of carboxylic acid groups (broad SMARTS) is 1. The largest absolute Gasteiger partial charge is 0.478 e. The number of pyridine rings is 2. The van der Waals surface area contributed by atoms with Gasteiger partial charge in [0.1, 0.15) is 11.6 Å². The van der Waals surface area contributed by atoms with Crippen molar-refractivity contribution in [1.82, 2.24) is 15.3 Å². The van der Waals surface area contributed by atoms with Crippen LogP contribution in [-0.2, 0) is 9.53 Å². The lowest BCUT2D eigenvalue weighted by Crippen LogP contribution is -2.46. The number of rotatable bonds is 7. The van der Waals surface area contributed by atoms with Gasteiger partial charge >= 0.3 is 12.1 Å². The Morgan fingerprint density at radius 1 is 1.03 bits per heavy atom. The average molecular weight is 428 g/mol. The molecule has 2 rings (SSSR count). The maximum atomic E-state index is 12.7. The summed E-state index contributed by atoms with van der Waals surface area (Å²) >= 11 is 0. The first-order valence-corrected chi connectivity index (χ1v) is 9.91. The molecule has 0 fully saturated rings. The van der Waals surface area contributed by atoms with Crippen LogP contribution in [0, 0.1) is 5.92 Å². The van der Waals surface area contributed by atoms with Crippen molar-refractivity contribution in [2.24, 2.45) is 5.92 Å². The molecule has 2 heterocycles. The first-order valence-electron chi connectivity index (χ1n) is 9.91. The van der Waals surface area contributed by atoms with E-state index in [1.807, 2.05) is 13.8 Å². The molecule has 0 spiro atoms. The number of nitrogens with one attached hydrogen (secondary N) is 2. The molecule has 0 aliphatic rings. The predicted octanol–water partition coefficient (Wildman–Crippen LogP) is 3.72. The summed E-state index contributed by atoms with van der Waals surface area (Å²) in [6.45, 7) is 9.16. The summed E-state index contributed by atoms with van der Waals surface area (Å²) in [6.07, 6.45) is 2.52. The lowest BCUT2D eigenvalue weighted by Gasteiger charge is -2.24. The van der Waals surface area contributed by atoms with Crippen molar-refractivity contribution in [2.45, 2.75) is 52.7 Å². The highest BCUT2D eigenvalue weighted by atomic mass is 16.6. The van der Waals surface area contributed by atoms with Crippen molar-refractivity contribution < 1.29 is 24.2 Å². The molecule has 0 aromatic carbocycles. The van der Waals surface area contributed by atoms with Crippen LogP contribution in [-0.4, -0.2) is 44.7 Å². The monoisotopic (exact) mass is 428 g/mol. The summed E-state index contributed by atoms with van der Waals surface area (Å²) in [5, 5.41) is 14.3. The third kappa shape index (κ3) is 7.69.